The summed E-state index contributed by atoms with van der Waals surface area (Å²) in [7, 11) is 0. The molecule has 1 unspecified atom stereocenters. The van der Waals surface area contributed by atoms with Gasteiger partial charge in [0, 0.05) is 46.1 Å². The maximum absolute atomic E-state index is 14.8. The summed E-state index contributed by atoms with van der Waals surface area (Å²) in [6.45, 7) is 19.2. The second kappa shape index (κ2) is 23.6. The van der Waals surface area contributed by atoms with Crippen molar-refractivity contribution in [1.29, 1.82) is 0 Å². The van der Waals surface area contributed by atoms with Crippen LogP contribution in [-0.4, -0.2) is 89.4 Å². The monoisotopic (exact) mass is 936 g/mol. The van der Waals surface area contributed by atoms with E-state index in [2.05, 4.69) is 41.3 Å². The zero-order valence-electron chi connectivity index (χ0n) is 41.4. The minimum atomic E-state index is -0.996. The molecule has 0 amide bonds. The van der Waals surface area contributed by atoms with Gasteiger partial charge in [0.05, 0.1) is 5.54 Å². The fourth-order valence-electron chi connectivity index (χ4n) is 8.30. The van der Waals surface area contributed by atoms with Crippen LogP contribution >= 0.6 is 0 Å². The van der Waals surface area contributed by atoms with E-state index in [9.17, 15) is 28.8 Å². The smallest absolute Gasteiger partial charge is 0.324 e. The lowest BCUT2D eigenvalue weighted by molar-refractivity contribution is -0.175. The van der Waals surface area contributed by atoms with Crippen molar-refractivity contribution in [2.24, 2.45) is 17.6 Å². The van der Waals surface area contributed by atoms with Crippen molar-refractivity contribution in [2.45, 2.75) is 131 Å². The Labute approximate surface area is 400 Å². The summed E-state index contributed by atoms with van der Waals surface area (Å²) in [4.78, 5) is 75.3. The van der Waals surface area contributed by atoms with Crippen LogP contribution < -0.4 is 5.73 Å². The quantitative estimate of drug-likeness (QED) is 0.0791. The highest BCUT2D eigenvalue weighted by Gasteiger charge is 2.55. The van der Waals surface area contributed by atoms with Gasteiger partial charge in [0.2, 0.25) is 0 Å². The third-order valence-electron chi connectivity index (χ3n) is 11.2. The normalized spacial score (nSPS) is 15.3. The predicted octanol–water partition coefficient (Wildman–Crippen LogP) is 8.09. The molecule has 14 nitrogen and oxygen atoms in total. The molecule has 366 valence electrons. The minimum absolute atomic E-state index is 0.160. The zero-order valence-corrected chi connectivity index (χ0v) is 41.4. The average Bonchev–Trinajstić information content (AvgIpc) is 3.56. The van der Waals surface area contributed by atoms with Crippen molar-refractivity contribution in [2.75, 3.05) is 13.2 Å². The van der Waals surface area contributed by atoms with Gasteiger partial charge in [0.15, 0.2) is 0 Å². The van der Waals surface area contributed by atoms with Gasteiger partial charge in [0.25, 0.3) is 0 Å². The molecule has 4 aromatic carbocycles. The molecule has 5 rings (SSSR count). The Morgan fingerprint density at radius 3 is 1.37 bits per heavy atom. The lowest BCUT2D eigenvalue weighted by atomic mass is 9.76. The van der Waals surface area contributed by atoms with Crippen LogP contribution in [0.15, 0.2) is 109 Å². The Balaban J connectivity index is 0.000000405. The predicted molar refractivity (Wildman–Crippen MR) is 256 cm³/mol. The summed E-state index contributed by atoms with van der Waals surface area (Å²) >= 11 is 0. The zero-order chi connectivity index (χ0) is 50.6. The van der Waals surface area contributed by atoms with E-state index in [0.717, 1.165) is 33.4 Å². The number of nitrogens with zero attached hydrogens (tertiary/aromatic N) is 1. The molecule has 0 saturated heterocycles. The van der Waals surface area contributed by atoms with Crippen molar-refractivity contribution in [3.05, 3.63) is 131 Å². The summed E-state index contributed by atoms with van der Waals surface area (Å²) in [5, 5.41) is 0. The van der Waals surface area contributed by atoms with Gasteiger partial charge in [-0.25, -0.2) is 0 Å². The molecule has 1 aliphatic rings. The highest BCUT2D eigenvalue weighted by molar-refractivity contribution is 5.85. The second-order valence-electron chi connectivity index (χ2n) is 18.9. The number of benzene rings is 4. The summed E-state index contributed by atoms with van der Waals surface area (Å²) in [5.74, 6) is -4.43. The summed E-state index contributed by atoms with van der Waals surface area (Å²) < 4.78 is 32.5. The van der Waals surface area contributed by atoms with Crippen LogP contribution in [0.4, 0.5) is 0 Å². The van der Waals surface area contributed by atoms with Crippen LogP contribution in [0.5, 0.6) is 0 Å². The Hall–Kier alpha value is -6.38. The van der Waals surface area contributed by atoms with Crippen LogP contribution in [0.25, 0.3) is 11.1 Å². The first-order chi connectivity index (χ1) is 31.9. The minimum Gasteiger partial charge on any atom is -0.462 e. The number of ether oxygens (including phenoxy) is 6. The second-order valence-corrected chi connectivity index (χ2v) is 18.9. The first kappa shape index (κ1) is 54.2. The van der Waals surface area contributed by atoms with Crippen LogP contribution in [0.3, 0.4) is 0 Å². The van der Waals surface area contributed by atoms with E-state index in [1.54, 1.807) is 27.7 Å². The highest BCUT2D eigenvalue weighted by Crippen LogP contribution is 2.56. The number of esters is 6. The fraction of sp³-hybridized carbons (Fsp3) is 0.444. The van der Waals surface area contributed by atoms with Crippen LogP contribution in [0, 0.1) is 11.8 Å². The number of hydrogen-bond acceptors (Lipinski definition) is 14. The molecular formula is C54H68N2O12. The van der Waals surface area contributed by atoms with Crippen LogP contribution in [0.1, 0.15) is 105 Å². The van der Waals surface area contributed by atoms with E-state index in [4.69, 9.17) is 34.2 Å². The van der Waals surface area contributed by atoms with Crippen molar-refractivity contribution in [3.8, 4) is 11.1 Å². The van der Waals surface area contributed by atoms with Crippen molar-refractivity contribution < 1.29 is 57.2 Å². The van der Waals surface area contributed by atoms with Gasteiger partial charge in [-0.05, 0) is 74.9 Å². The maximum atomic E-state index is 14.8. The molecule has 1 aliphatic carbocycles. The number of carbonyl (C=O) groups is 6. The molecule has 0 fully saturated rings. The fourth-order valence-corrected chi connectivity index (χ4v) is 8.30. The number of fused-ring (bicyclic) bond motifs is 3. The van der Waals surface area contributed by atoms with Gasteiger partial charge in [-0.2, -0.15) is 0 Å². The molecule has 0 spiro atoms. The molecule has 0 bridgehead atoms. The summed E-state index contributed by atoms with van der Waals surface area (Å²) in [5.41, 5.74) is 9.52. The molecule has 4 aromatic rings. The maximum Gasteiger partial charge on any atom is 0.324 e. The van der Waals surface area contributed by atoms with Gasteiger partial charge >= 0.3 is 35.8 Å². The van der Waals surface area contributed by atoms with Crippen molar-refractivity contribution in [1.82, 2.24) is 4.90 Å². The lowest BCUT2D eigenvalue weighted by Gasteiger charge is -2.49. The molecule has 14 heteroatoms. The molecule has 0 aliphatic heterocycles. The van der Waals surface area contributed by atoms with Crippen molar-refractivity contribution in [3.63, 3.8) is 0 Å². The first-order valence-corrected chi connectivity index (χ1v) is 22.7. The standard InChI is InChI=1S/C40H43NO6.C14H25NO6/c1-27(36(46-29(3)43)26-45-28(2)42)37(38(44)47-39(4,5)6)41(25-30-17-9-7-10-18-30)40(31-19-11-8-12-20-31)34-23-15-13-21-32(34)33-22-14-16-24-35(33)40;1-8(12(15)13(18)21-14(4,5)6)11(20-10(3)17)7-19-9(2)16/h7-24,27,36-37H,25-26H2,1-6H3;8,11-12H,7,15H2,1-6H3/t27-,36+,37-;8?,11-,12-/m00/s1. The van der Waals surface area contributed by atoms with Crippen molar-refractivity contribution >= 4 is 35.8 Å². The number of nitrogens with two attached hydrogens (primary N) is 1. The number of carbonyl (C=O) groups excluding carboxylic acids is 6. The number of rotatable bonds is 17. The largest absolute Gasteiger partial charge is 0.462 e. The van der Waals surface area contributed by atoms with E-state index >= 15 is 0 Å². The molecular weight excluding hydrogens is 869 g/mol. The Bertz CT molecular complexity index is 2310. The van der Waals surface area contributed by atoms with Gasteiger partial charge in [0.1, 0.15) is 48.7 Å². The Morgan fingerprint density at radius 1 is 0.544 bits per heavy atom. The molecule has 2 N–H and O–H groups in total. The molecule has 0 aromatic heterocycles. The van der Waals surface area contributed by atoms with Gasteiger partial charge in [-0.15, -0.1) is 0 Å². The molecule has 68 heavy (non-hydrogen) atoms. The SMILES string of the molecule is CC(=O)OC[C@@H](OC(C)=O)[C@H](C)[C@@H](C(=O)OC(C)(C)C)N(Cc1ccccc1)C1(c2ccccc2)c2ccccc2-c2ccccc21.CC(=O)OC[C@H](OC(C)=O)C(C)[C@H](N)C(=O)OC(C)(C)C. The molecule has 0 heterocycles. The van der Waals surface area contributed by atoms with E-state index in [-0.39, 0.29) is 13.2 Å². The Morgan fingerprint density at radius 2 is 0.941 bits per heavy atom. The van der Waals surface area contributed by atoms with Crippen LogP contribution in [0.2, 0.25) is 0 Å². The Kier molecular flexibility index (Phi) is 18.8. The lowest BCUT2D eigenvalue weighted by Crippen LogP contribution is -2.59. The van der Waals surface area contributed by atoms with E-state index in [1.165, 1.54) is 27.7 Å². The van der Waals surface area contributed by atoms with Gasteiger partial charge < -0.3 is 34.2 Å². The number of hydrogen-bond donors (Lipinski definition) is 1. The van der Waals surface area contributed by atoms with E-state index in [1.807, 2.05) is 100 Å². The van der Waals surface area contributed by atoms with E-state index in [0.29, 0.717) is 6.54 Å². The third kappa shape index (κ3) is 14.3. The summed E-state index contributed by atoms with van der Waals surface area (Å²) in [6.07, 6.45) is -1.75. The molecule has 0 radical (unpaired) electrons. The summed E-state index contributed by atoms with van der Waals surface area (Å²) in [6, 6.07) is 34.8. The van der Waals surface area contributed by atoms with Gasteiger partial charge in [-0.3, -0.25) is 33.7 Å². The van der Waals surface area contributed by atoms with Gasteiger partial charge in [-0.1, -0.05) is 123 Å². The first-order valence-electron chi connectivity index (χ1n) is 22.7. The topological polar surface area (TPSA) is 187 Å². The molecule has 6 atom stereocenters. The van der Waals surface area contributed by atoms with Crippen LogP contribution in [-0.2, 0) is 69.3 Å². The molecule has 0 saturated carbocycles. The highest BCUT2D eigenvalue weighted by atomic mass is 16.6. The average molecular weight is 937 g/mol. The third-order valence-corrected chi connectivity index (χ3v) is 11.2. The van der Waals surface area contributed by atoms with E-state index < -0.39 is 88.7 Å².